The van der Waals surface area contributed by atoms with E-state index in [9.17, 15) is 4.79 Å². The van der Waals surface area contributed by atoms with Crippen LogP contribution in [0.3, 0.4) is 0 Å². The van der Waals surface area contributed by atoms with Crippen molar-refractivity contribution in [2.24, 2.45) is 10.9 Å². The number of benzene rings is 1. The summed E-state index contributed by atoms with van der Waals surface area (Å²) in [5.41, 5.74) is 2.28. The number of ether oxygens (including phenoxy) is 1. The van der Waals surface area contributed by atoms with Crippen LogP contribution < -0.4 is 16.0 Å². The van der Waals surface area contributed by atoms with E-state index in [1.807, 2.05) is 4.90 Å². The van der Waals surface area contributed by atoms with Gasteiger partial charge in [0.1, 0.15) is 0 Å². The molecular weight excluding hydrogens is 366 g/mol. The number of carbonyl (C=O) groups excluding carboxylic acids is 1. The van der Waals surface area contributed by atoms with Gasteiger partial charge < -0.3 is 25.6 Å². The van der Waals surface area contributed by atoms with Gasteiger partial charge in [0, 0.05) is 58.0 Å². The fraction of sp³-hybridized carbons (Fsp3) is 0.636. The average Bonchev–Trinajstić information content (AvgIpc) is 3.44. The predicted octanol–water partition coefficient (Wildman–Crippen LogP) is 2.20. The Hall–Kier alpha value is -2.28. The van der Waals surface area contributed by atoms with Crippen molar-refractivity contribution in [1.29, 1.82) is 0 Å². The summed E-state index contributed by atoms with van der Waals surface area (Å²) in [4.78, 5) is 19.0. The standard InChI is InChI=1S/C22H35N5O2/c1-23-22(25-15-17-7-9-19(10-8-17)24-12-14-29-2)26-20-11-13-27(16-20)21(28)18-5-3-4-6-18/h7-10,18,20,24H,3-6,11-16H2,1-2H3,(H2,23,25,26). The number of hydrogen-bond donors (Lipinski definition) is 3. The number of likely N-dealkylation sites (tertiary alicyclic amines) is 1. The van der Waals surface area contributed by atoms with Crippen LogP contribution in [-0.4, -0.2) is 63.2 Å². The Morgan fingerprint density at radius 2 is 1.97 bits per heavy atom. The summed E-state index contributed by atoms with van der Waals surface area (Å²) in [7, 11) is 3.49. The Kier molecular flexibility index (Phi) is 8.16. The maximum absolute atomic E-state index is 12.6. The van der Waals surface area contributed by atoms with Gasteiger partial charge in [-0.05, 0) is 37.0 Å². The molecule has 1 aliphatic carbocycles. The van der Waals surface area contributed by atoms with Crippen molar-refractivity contribution in [1.82, 2.24) is 15.5 Å². The SMILES string of the molecule is CN=C(NCc1ccc(NCCOC)cc1)NC1CCN(C(=O)C2CCCC2)C1. The molecule has 7 nitrogen and oxygen atoms in total. The van der Waals surface area contributed by atoms with Crippen LogP contribution in [0.25, 0.3) is 0 Å². The molecule has 2 fully saturated rings. The summed E-state index contributed by atoms with van der Waals surface area (Å²) in [5.74, 6) is 1.40. The first-order valence-electron chi connectivity index (χ1n) is 10.8. The number of nitrogens with one attached hydrogen (secondary N) is 3. The average molecular weight is 402 g/mol. The first-order chi connectivity index (χ1) is 14.2. The van der Waals surface area contributed by atoms with E-state index < -0.39 is 0 Å². The van der Waals surface area contributed by atoms with E-state index >= 15 is 0 Å². The van der Waals surface area contributed by atoms with Gasteiger partial charge in [0.2, 0.25) is 5.91 Å². The van der Waals surface area contributed by atoms with Crippen molar-refractivity contribution in [2.75, 3.05) is 45.7 Å². The van der Waals surface area contributed by atoms with Crippen molar-refractivity contribution in [2.45, 2.75) is 44.7 Å². The zero-order chi connectivity index (χ0) is 20.5. The van der Waals surface area contributed by atoms with Gasteiger partial charge in [-0.3, -0.25) is 9.79 Å². The van der Waals surface area contributed by atoms with Gasteiger partial charge in [-0.2, -0.15) is 0 Å². The maximum Gasteiger partial charge on any atom is 0.225 e. The molecule has 7 heteroatoms. The molecule has 1 saturated heterocycles. The molecule has 1 atom stereocenters. The van der Waals surface area contributed by atoms with Crippen LogP contribution >= 0.6 is 0 Å². The molecule has 0 spiro atoms. The van der Waals surface area contributed by atoms with E-state index in [1.165, 1.54) is 18.4 Å². The van der Waals surface area contributed by atoms with E-state index in [2.05, 4.69) is 45.2 Å². The fourth-order valence-corrected chi connectivity index (χ4v) is 4.12. The molecular formula is C22H35N5O2. The number of hydrogen-bond acceptors (Lipinski definition) is 4. The summed E-state index contributed by atoms with van der Waals surface area (Å²) >= 11 is 0. The number of guanidine groups is 1. The molecule has 3 N–H and O–H groups in total. The van der Waals surface area contributed by atoms with Crippen molar-refractivity contribution < 1.29 is 9.53 Å². The molecule has 0 radical (unpaired) electrons. The van der Waals surface area contributed by atoms with Crippen LogP contribution in [0.2, 0.25) is 0 Å². The lowest BCUT2D eigenvalue weighted by atomic mass is 10.1. The Balaban J connectivity index is 1.41. The summed E-state index contributed by atoms with van der Waals surface area (Å²) in [5, 5.41) is 10.2. The highest BCUT2D eigenvalue weighted by molar-refractivity contribution is 5.81. The number of carbonyl (C=O) groups is 1. The third-order valence-corrected chi connectivity index (χ3v) is 5.82. The zero-order valence-electron chi connectivity index (χ0n) is 17.7. The lowest BCUT2D eigenvalue weighted by molar-refractivity contribution is -0.134. The molecule has 1 aromatic rings. The van der Waals surface area contributed by atoms with Crippen LogP contribution in [0.4, 0.5) is 5.69 Å². The maximum atomic E-state index is 12.6. The van der Waals surface area contributed by atoms with Crippen LogP contribution in [0, 0.1) is 5.92 Å². The number of methoxy groups -OCH3 is 1. The minimum atomic E-state index is 0.262. The first-order valence-corrected chi connectivity index (χ1v) is 10.8. The molecule has 0 aromatic heterocycles. The molecule has 160 valence electrons. The summed E-state index contributed by atoms with van der Waals surface area (Å²) in [6, 6.07) is 8.62. The van der Waals surface area contributed by atoms with Gasteiger partial charge in [-0.25, -0.2) is 0 Å². The minimum absolute atomic E-state index is 0.262. The number of anilines is 1. The van der Waals surface area contributed by atoms with E-state index in [0.717, 1.165) is 50.5 Å². The van der Waals surface area contributed by atoms with Gasteiger partial charge >= 0.3 is 0 Å². The number of nitrogens with zero attached hydrogens (tertiary/aromatic N) is 2. The van der Waals surface area contributed by atoms with E-state index in [4.69, 9.17) is 4.74 Å². The second kappa shape index (κ2) is 11.0. The van der Waals surface area contributed by atoms with Crippen LogP contribution in [0.5, 0.6) is 0 Å². The third-order valence-electron chi connectivity index (χ3n) is 5.82. The fourth-order valence-electron chi connectivity index (χ4n) is 4.12. The Morgan fingerprint density at radius 1 is 1.21 bits per heavy atom. The highest BCUT2D eigenvalue weighted by atomic mass is 16.5. The molecule has 1 unspecified atom stereocenters. The monoisotopic (exact) mass is 401 g/mol. The molecule has 1 amide bonds. The van der Waals surface area contributed by atoms with Crippen molar-refractivity contribution in [3.63, 3.8) is 0 Å². The molecule has 3 rings (SSSR count). The lowest BCUT2D eigenvalue weighted by Crippen LogP contribution is -2.45. The molecule has 1 saturated carbocycles. The summed E-state index contributed by atoms with van der Waals surface area (Å²) < 4.78 is 5.05. The van der Waals surface area contributed by atoms with Crippen molar-refractivity contribution >= 4 is 17.6 Å². The number of rotatable bonds is 8. The first kappa shape index (κ1) is 21.4. The Labute approximate surface area is 174 Å². The van der Waals surface area contributed by atoms with Gasteiger partial charge in [0.25, 0.3) is 0 Å². The molecule has 1 aliphatic heterocycles. The predicted molar refractivity (Wildman–Crippen MR) is 117 cm³/mol. The molecule has 1 heterocycles. The van der Waals surface area contributed by atoms with E-state index in [-0.39, 0.29) is 12.0 Å². The highest BCUT2D eigenvalue weighted by Gasteiger charge is 2.32. The number of amides is 1. The molecule has 0 bridgehead atoms. The van der Waals surface area contributed by atoms with Gasteiger partial charge in [-0.15, -0.1) is 0 Å². The smallest absolute Gasteiger partial charge is 0.225 e. The van der Waals surface area contributed by atoms with Crippen molar-refractivity contribution in [3.8, 4) is 0 Å². The summed E-state index contributed by atoms with van der Waals surface area (Å²) in [6.45, 7) is 3.82. The lowest BCUT2D eigenvalue weighted by Gasteiger charge is -2.21. The van der Waals surface area contributed by atoms with Crippen LogP contribution in [0.15, 0.2) is 29.3 Å². The second-order valence-corrected chi connectivity index (χ2v) is 7.94. The Morgan fingerprint density at radius 3 is 2.66 bits per heavy atom. The largest absolute Gasteiger partial charge is 0.383 e. The number of aliphatic imine (C=N–C) groups is 1. The highest BCUT2D eigenvalue weighted by Crippen LogP contribution is 2.27. The van der Waals surface area contributed by atoms with Gasteiger partial charge in [-0.1, -0.05) is 25.0 Å². The van der Waals surface area contributed by atoms with Gasteiger partial charge in [0.05, 0.1) is 6.61 Å². The van der Waals surface area contributed by atoms with Crippen molar-refractivity contribution in [3.05, 3.63) is 29.8 Å². The topological polar surface area (TPSA) is 78.0 Å². The summed E-state index contributed by atoms with van der Waals surface area (Å²) in [6.07, 6.45) is 5.51. The molecule has 2 aliphatic rings. The van der Waals surface area contributed by atoms with E-state index in [0.29, 0.717) is 19.1 Å². The Bertz CT molecular complexity index is 670. The van der Waals surface area contributed by atoms with E-state index in [1.54, 1.807) is 14.2 Å². The molecule has 29 heavy (non-hydrogen) atoms. The van der Waals surface area contributed by atoms with Crippen LogP contribution in [0.1, 0.15) is 37.7 Å². The normalized spacial score (nSPS) is 20.1. The minimum Gasteiger partial charge on any atom is -0.383 e. The van der Waals surface area contributed by atoms with Crippen LogP contribution in [-0.2, 0) is 16.1 Å². The molecule has 1 aromatic carbocycles. The third kappa shape index (κ3) is 6.35. The van der Waals surface area contributed by atoms with Gasteiger partial charge in [0.15, 0.2) is 5.96 Å². The quantitative estimate of drug-likeness (QED) is 0.354. The zero-order valence-corrected chi connectivity index (χ0v) is 17.7. The second-order valence-electron chi connectivity index (χ2n) is 7.94.